The van der Waals surface area contributed by atoms with E-state index in [1.54, 1.807) is 9.47 Å². The molecule has 1 aliphatic rings. The number of para-hydroxylation sites is 2. The number of aromatic nitrogens is 2. The second kappa shape index (κ2) is 6.58. The van der Waals surface area contributed by atoms with Crippen molar-refractivity contribution < 1.29 is 9.53 Å². The summed E-state index contributed by atoms with van der Waals surface area (Å²) in [7, 11) is 0. The van der Waals surface area contributed by atoms with Gasteiger partial charge in [0.2, 0.25) is 0 Å². The van der Waals surface area contributed by atoms with Gasteiger partial charge < -0.3 is 9.64 Å². The number of rotatable bonds is 2. The van der Waals surface area contributed by atoms with Crippen molar-refractivity contribution in [3.05, 3.63) is 34.7 Å². The molecule has 0 radical (unpaired) electrons. The Morgan fingerprint density at radius 1 is 1.24 bits per heavy atom. The van der Waals surface area contributed by atoms with E-state index in [2.05, 4.69) is 0 Å². The minimum atomic E-state index is -0.515. The van der Waals surface area contributed by atoms with Crippen LogP contribution in [0.4, 0.5) is 4.79 Å². The van der Waals surface area contributed by atoms with E-state index in [1.165, 1.54) is 0 Å². The number of hydrogen-bond acceptors (Lipinski definition) is 3. The topological polar surface area (TPSA) is 56.5 Å². The minimum absolute atomic E-state index is 0.000242. The Kier molecular flexibility index (Phi) is 4.62. The summed E-state index contributed by atoms with van der Waals surface area (Å²) in [6.45, 7) is 9.39. The Morgan fingerprint density at radius 3 is 2.56 bits per heavy atom. The number of ether oxygens (including phenoxy) is 1. The lowest BCUT2D eigenvalue weighted by Gasteiger charge is -2.34. The number of amides is 1. The first-order chi connectivity index (χ1) is 11.8. The summed E-state index contributed by atoms with van der Waals surface area (Å²) in [6, 6.07) is 7.84. The molecule has 0 unspecified atom stereocenters. The second-order valence-corrected chi connectivity index (χ2v) is 7.61. The van der Waals surface area contributed by atoms with Gasteiger partial charge in [0.15, 0.2) is 0 Å². The molecule has 1 amide bonds. The van der Waals surface area contributed by atoms with Crippen LogP contribution in [0, 0.1) is 0 Å². The highest BCUT2D eigenvalue weighted by Crippen LogP contribution is 2.26. The second-order valence-electron chi connectivity index (χ2n) is 7.61. The summed E-state index contributed by atoms with van der Waals surface area (Å²) in [5.41, 5.74) is 1.37. The third-order valence-electron chi connectivity index (χ3n) is 4.60. The van der Waals surface area contributed by atoms with Gasteiger partial charge in [0, 0.05) is 19.6 Å². The van der Waals surface area contributed by atoms with E-state index in [0.29, 0.717) is 19.6 Å². The zero-order chi connectivity index (χ0) is 18.2. The van der Waals surface area contributed by atoms with Crippen molar-refractivity contribution in [1.82, 2.24) is 14.0 Å². The quantitative estimate of drug-likeness (QED) is 0.838. The van der Waals surface area contributed by atoms with Gasteiger partial charge in [-0.2, -0.15) is 0 Å². The van der Waals surface area contributed by atoms with E-state index >= 15 is 0 Å². The maximum Gasteiger partial charge on any atom is 0.410 e. The predicted octanol–water partition coefficient (Wildman–Crippen LogP) is 3.39. The summed E-state index contributed by atoms with van der Waals surface area (Å²) < 4.78 is 9.15. The summed E-state index contributed by atoms with van der Waals surface area (Å²) in [6.07, 6.45) is 1.45. The third-order valence-corrected chi connectivity index (χ3v) is 4.60. The highest BCUT2D eigenvalue weighted by Gasteiger charge is 2.30. The molecule has 0 N–H and O–H groups in total. The monoisotopic (exact) mass is 345 g/mol. The highest BCUT2D eigenvalue weighted by molar-refractivity contribution is 5.76. The predicted molar refractivity (Wildman–Crippen MR) is 98.0 cm³/mol. The van der Waals surface area contributed by atoms with Crippen LogP contribution in [-0.4, -0.2) is 38.8 Å². The molecule has 1 atom stereocenters. The fraction of sp³-hybridized carbons (Fsp3) is 0.579. The first-order valence-corrected chi connectivity index (χ1v) is 8.99. The van der Waals surface area contributed by atoms with Crippen molar-refractivity contribution in [1.29, 1.82) is 0 Å². The van der Waals surface area contributed by atoms with Gasteiger partial charge in [-0.05, 0) is 52.7 Å². The van der Waals surface area contributed by atoms with Crippen LogP contribution in [-0.2, 0) is 11.3 Å². The molecule has 1 saturated heterocycles. The van der Waals surface area contributed by atoms with Crippen LogP contribution >= 0.6 is 0 Å². The largest absolute Gasteiger partial charge is 0.444 e. The number of benzene rings is 1. The van der Waals surface area contributed by atoms with E-state index in [-0.39, 0.29) is 17.8 Å². The van der Waals surface area contributed by atoms with Crippen molar-refractivity contribution in [2.45, 2.75) is 58.7 Å². The first-order valence-electron chi connectivity index (χ1n) is 8.99. The molecular weight excluding hydrogens is 318 g/mol. The van der Waals surface area contributed by atoms with Crippen molar-refractivity contribution in [2.75, 3.05) is 13.1 Å². The number of aryl methyl sites for hydroxylation is 1. The number of likely N-dealkylation sites (tertiary alicyclic amines) is 1. The number of imidazole rings is 1. The van der Waals surface area contributed by atoms with Crippen LogP contribution in [0.15, 0.2) is 29.1 Å². The number of hydrogen-bond donors (Lipinski definition) is 0. The lowest BCUT2D eigenvalue weighted by Crippen LogP contribution is -2.45. The Morgan fingerprint density at radius 2 is 1.92 bits per heavy atom. The van der Waals surface area contributed by atoms with Gasteiger partial charge in [0.1, 0.15) is 5.60 Å². The van der Waals surface area contributed by atoms with Crippen LogP contribution in [0.2, 0.25) is 0 Å². The molecular formula is C19H27N3O3. The Labute approximate surface area is 148 Å². The summed E-state index contributed by atoms with van der Waals surface area (Å²) in [4.78, 5) is 27.1. The number of carbonyl (C=O) groups is 1. The summed E-state index contributed by atoms with van der Waals surface area (Å²) in [5.74, 6) is 0. The zero-order valence-electron chi connectivity index (χ0n) is 15.5. The normalized spacial score (nSPS) is 18.6. The zero-order valence-corrected chi connectivity index (χ0v) is 15.5. The van der Waals surface area contributed by atoms with Gasteiger partial charge in [-0.3, -0.25) is 9.13 Å². The Bertz CT molecular complexity index is 829. The summed E-state index contributed by atoms with van der Waals surface area (Å²) in [5, 5.41) is 0. The Hall–Kier alpha value is -2.24. The fourth-order valence-corrected chi connectivity index (χ4v) is 3.55. The van der Waals surface area contributed by atoms with Gasteiger partial charge in [0.25, 0.3) is 0 Å². The number of piperidine rings is 1. The van der Waals surface area contributed by atoms with Gasteiger partial charge >= 0.3 is 11.8 Å². The smallest absolute Gasteiger partial charge is 0.410 e. The van der Waals surface area contributed by atoms with Crippen LogP contribution in [0.5, 0.6) is 0 Å². The molecule has 1 aromatic carbocycles. The van der Waals surface area contributed by atoms with Gasteiger partial charge in [-0.15, -0.1) is 0 Å². The molecule has 0 bridgehead atoms. The van der Waals surface area contributed by atoms with E-state index in [4.69, 9.17) is 4.74 Å². The molecule has 1 aliphatic heterocycles. The Balaban J connectivity index is 1.92. The molecule has 0 saturated carbocycles. The van der Waals surface area contributed by atoms with E-state index in [0.717, 1.165) is 23.9 Å². The van der Waals surface area contributed by atoms with Crippen LogP contribution in [0.25, 0.3) is 11.0 Å². The molecule has 2 heterocycles. The van der Waals surface area contributed by atoms with Gasteiger partial charge in [-0.25, -0.2) is 9.59 Å². The maximum atomic E-state index is 12.9. The SMILES string of the molecule is CCn1c(=O)n([C@H]2CCCN(C(=O)OC(C)(C)C)C2)c2ccccc21. The lowest BCUT2D eigenvalue weighted by molar-refractivity contribution is 0.0172. The lowest BCUT2D eigenvalue weighted by atomic mass is 10.1. The molecule has 0 spiro atoms. The first kappa shape index (κ1) is 17.6. The van der Waals surface area contributed by atoms with Crippen molar-refractivity contribution >= 4 is 17.1 Å². The highest BCUT2D eigenvalue weighted by atomic mass is 16.6. The fourth-order valence-electron chi connectivity index (χ4n) is 3.55. The molecule has 1 fully saturated rings. The number of fused-ring (bicyclic) bond motifs is 1. The van der Waals surface area contributed by atoms with Gasteiger partial charge in [-0.1, -0.05) is 12.1 Å². The molecule has 136 valence electrons. The molecule has 6 heteroatoms. The molecule has 25 heavy (non-hydrogen) atoms. The summed E-state index contributed by atoms with van der Waals surface area (Å²) >= 11 is 0. The van der Waals surface area contributed by atoms with Crippen molar-refractivity contribution in [2.24, 2.45) is 0 Å². The van der Waals surface area contributed by atoms with Crippen LogP contribution in [0.3, 0.4) is 0 Å². The van der Waals surface area contributed by atoms with E-state index < -0.39 is 5.60 Å². The van der Waals surface area contributed by atoms with E-state index in [1.807, 2.05) is 56.5 Å². The number of carbonyl (C=O) groups excluding carboxylic acids is 1. The molecule has 0 aliphatic carbocycles. The molecule has 3 rings (SSSR count). The molecule has 2 aromatic rings. The minimum Gasteiger partial charge on any atom is -0.444 e. The molecule has 1 aromatic heterocycles. The average molecular weight is 345 g/mol. The van der Waals surface area contributed by atoms with Crippen molar-refractivity contribution in [3.63, 3.8) is 0 Å². The molecule has 6 nitrogen and oxygen atoms in total. The van der Waals surface area contributed by atoms with Crippen molar-refractivity contribution in [3.8, 4) is 0 Å². The number of nitrogens with zero attached hydrogens (tertiary/aromatic N) is 3. The van der Waals surface area contributed by atoms with Crippen LogP contribution in [0.1, 0.15) is 46.6 Å². The standard InChI is InChI=1S/C19H27N3O3/c1-5-21-15-10-6-7-11-16(15)22(17(21)23)14-9-8-12-20(13-14)18(24)25-19(2,3)4/h6-7,10-11,14H,5,8-9,12-13H2,1-4H3/t14-/m0/s1. The average Bonchev–Trinajstić information content (AvgIpc) is 2.84. The van der Waals surface area contributed by atoms with Crippen LogP contribution < -0.4 is 5.69 Å². The van der Waals surface area contributed by atoms with Gasteiger partial charge in [0.05, 0.1) is 17.1 Å². The van der Waals surface area contributed by atoms with E-state index in [9.17, 15) is 9.59 Å². The third kappa shape index (κ3) is 3.43. The maximum absolute atomic E-state index is 12.9.